The van der Waals surface area contributed by atoms with Gasteiger partial charge in [0.25, 0.3) is 0 Å². The van der Waals surface area contributed by atoms with E-state index in [4.69, 9.17) is 21.1 Å². The Labute approximate surface area is 216 Å². The number of carbonyl (C=O) groups excluding carboxylic acids is 3. The Balaban J connectivity index is 1.84. The summed E-state index contributed by atoms with van der Waals surface area (Å²) in [6, 6.07) is 9.18. The molecule has 0 radical (unpaired) electrons. The van der Waals surface area contributed by atoms with Gasteiger partial charge in [-0.1, -0.05) is 57.5 Å². The van der Waals surface area contributed by atoms with Gasteiger partial charge in [0.1, 0.15) is 5.75 Å². The van der Waals surface area contributed by atoms with Crippen LogP contribution in [0.1, 0.15) is 70.9 Å². The SMILES string of the molecule is CCCC(=O)OCC(=O)[C@]1(OC(=O)CCC)[C@H](C)C(Cl)=C2c3ccc4cc(O)ccc4c3CC[C@@]21C. The summed E-state index contributed by atoms with van der Waals surface area (Å²) in [7, 11) is 0. The zero-order chi connectivity index (χ0) is 26.3. The molecular formula is C29H33ClO6. The molecule has 0 unspecified atom stereocenters. The van der Waals surface area contributed by atoms with Crippen LogP contribution in [-0.2, 0) is 30.3 Å². The summed E-state index contributed by atoms with van der Waals surface area (Å²) in [5, 5.41) is 12.3. The number of ether oxygens (including phenoxy) is 2. The van der Waals surface area contributed by atoms with Crippen molar-refractivity contribution < 1.29 is 29.0 Å². The van der Waals surface area contributed by atoms with E-state index in [-0.39, 0.29) is 18.6 Å². The van der Waals surface area contributed by atoms with E-state index in [9.17, 15) is 19.5 Å². The van der Waals surface area contributed by atoms with Gasteiger partial charge in [-0.3, -0.25) is 14.4 Å². The van der Waals surface area contributed by atoms with E-state index in [1.807, 2.05) is 45.9 Å². The molecular weight excluding hydrogens is 480 g/mol. The molecule has 0 bridgehead atoms. The highest BCUT2D eigenvalue weighted by atomic mass is 35.5. The number of Topliss-reactive ketones (excluding diaryl/α,β-unsaturated/α-hetero) is 1. The number of phenols is 1. The van der Waals surface area contributed by atoms with E-state index in [2.05, 4.69) is 0 Å². The number of fused-ring (bicyclic) bond motifs is 5. The second-order valence-electron chi connectivity index (χ2n) is 10.1. The molecule has 36 heavy (non-hydrogen) atoms. The molecule has 0 saturated carbocycles. The van der Waals surface area contributed by atoms with Crippen molar-refractivity contribution in [1.82, 2.24) is 0 Å². The van der Waals surface area contributed by atoms with Crippen LogP contribution >= 0.6 is 11.6 Å². The first kappa shape index (κ1) is 26.2. The molecule has 0 spiro atoms. The Kier molecular flexibility index (Phi) is 7.20. The summed E-state index contributed by atoms with van der Waals surface area (Å²) >= 11 is 7.02. The number of hydrogen-bond donors (Lipinski definition) is 1. The number of benzene rings is 2. The first-order valence-corrected chi connectivity index (χ1v) is 13.0. The number of aromatic hydroxyl groups is 1. The number of halogens is 1. The number of ketones is 1. The molecule has 4 rings (SSSR count). The minimum absolute atomic E-state index is 0.172. The lowest BCUT2D eigenvalue weighted by molar-refractivity contribution is -0.186. The quantitative estimate of drug-likeness (QED) is 0.430. The van der Waals surface area contributed by atoms with Crippen molar-refractivity contribution in [2.45, 2.75) is 71.8 Å². The predicted molar refractivity (Wildman–Crippen MR) is 139 cm³/mol. The summed E-state index contributed by atoms with van der Waals surface area (Å²) in [6.45, 7) is 7.00. The van der Waals surface area contributed by atoms with Crippen LogP contribution in [0, 0.1) is 11.3 Å². The van der Waals surface area contributed by atoms with E-state index in [1.54, 1.807) is 12.1 Å². The summed E-state index contributed by atoms with van der Waals surface area (Å²) in [4.78, 5) is 38.9. The predicted octanol–water partition coefficient (Wildman–Crippen LogP) is 6.09. The highest BCUT2D eigenvalue weighted by molar-refractivity contribution is 6.35. The van der Waals surface area contributed by atoms with Crippen LogP contribution in [0.25, 0.3) is 16.3 Å². The third-order valence-electron chi connectivity index (χ3n) is 7.82. The van der Waals surface area contributed by atoms with E-state index < -0.39 is 41.3 Å². The molecule has 2 aliphatic carbocycles. The Bertz CT molecular complexity index is 1260. The molecule has 2 aliphatic rings. The summed E-state index contributed by atoms with van der Waals surface area (Å²) in [6.07, 6.45) is 2.72. The molecule has 7 heteroatoms. The van der Waals surface area contributed by atoms with Gasteiger partial charge in [0.05, 0.1) is 0 Å². The molecule has 0 saturated heterocycles. The molecule has 0 amide bonds. The first-order valence-electron chi connectivity index (χ1n) is 12.7. The number of carbonyl (C=O) groups is 3. The van der Waals surface area contributed by atoms with Gasteiger partial charge < -0.3 is 14.6 Å². The van der Waals surface area contributed by atoms with Crippen molar-refractivity contribution in [1.29, 1.82) is 0 Å². The minimum Gasteiger partial charge on any atom is -0.508 e. The summed E-state index contributed by atoms with van der Waals surface area (Å²) in [5.74, 6) is -1.79. The number of aryl methyl sites for hydroxylation is 1. The second kappa shape index (κ2) is 9.89. The van der Waals surface area contributed by atoms with Crippen molar-refractivity contribution in [3.63, 3.8) is 0 Å². The van der Waals surface area contributed by atoms with Gasteiger partial charge in [-0.25, -0.2) is 0 Å². The number of esters is 2. The first-order chi connectivity index (χ1) is 17.1. The number of hydrogen-bond acceptors (Lipinski definition) is 6. The minimum atomic E-state index is -1.58. The fourth-order valence-electron chi connectivity index (χ4n) is 6.09. The molecule has 6 nitrogen and oxygen atoms in total. The van der Waals surface area contributed by atoms with Gasteiger partial charge in [0, 0.05) is 29.2 Å². The van der Waals surface area contributed by atoms with Crippen molar-refractivity contribution in [3.05, 3.63) is 46.5 Å². The van der Waals surface area contributed by atoms with Crippen LogP contribution in [0.15, 0.2) is 35.4 Å². The molecule has 3 atom stereocenters. The van der Waals surface area contributed by atoms with Crippen LogP contribution in [-0.4, -0.2) is 35.0 Å². The van der Waals surface area contributed by atoms with Crippen molar-refractivity contribution in [2.24, 2.45) is 11.3 Å². The maximum atomic E-state index is 13.9. The highest BCUT2D eigenvalue weighted by Gasteiger charge is 2.67. The number of phenolic OH excluding ortho intramolecular Hbond substituents is 1. The molecule has 0 aliphatic heterocycles. The monoisotopic (exact) mass is 512 g/mol. The van der Waals surface area contributed by atoms with Gasteiger partial charge >= 0.3 is 11.9 Å². The molecule has 1 N–H and O–H groups in total. The fraction of sp³-hybridized carbons (Fsp3) is 0.483. The second-order valence-corrected chi connectivity index (χ2v) is 10.5. The molecule has 0 heterocycles. The lowest BCUT2D eigenvalue weighted by Crippen LogP contribution is -2.59. The average molecular weight is 513 g/mol. The molecule has 2 aromatic carbocycles. The Morgan fingerprint density at radius 2 is 1.78 bits per heavy atom. The lowest BCUT2D eigenvalue weighted by Gasteiger charge is -2.47. The van der Waals surface area contributed by atoms with Gasteiger partial charge in [-0.2, -0.15) is 0 Å². The summed E-state index contributed by atoms with van der Waals surface area (Å²) in [5.41, 5.74) is 0.314. The third kappa shape index (κ3) is 4.00. The van der Waals surface area contributed by atoms with Crippen molar-refractivity contribution in [2.75, 3.05) is 6.61 Å². The molecule has 0 fully saturated rings. The summed E-state index contributed by atoms with van der Waals surface area (Å²) < 4.78 is 11.4. The Morgan fingerprint density at radius 3 is 2.47 bits per heavy atom. The normalized spacial score (nSPS) is 24.9. The Hall–Kier alpha value is -2.86. The van der Waals surface area contributed by atoms with E-state index in [0.29, 0.717) is 30.7 Å². The highest BCUT2D eigenvalue weighted by Crippen LogP contribution is 2.65. The van der Waals surface area contributed by atoms with E-state index in [1.165, 1.54) is 0 Å². The largest absolute Gasteiger partial charge is 0.508 e. The zero-order valence-electron chi connectivity index (χ0n) is 21.3. The van der Waals surface area contributed by atoms with Gasteiger partial charge in [-0.05, 0) is 65.3 Å². The molecule has 2 aromatic rings. The number of rotatable bonds is 8. The lowest BCUT2D eigenvalue weighted by atomic mass is 9.60. The zero-order valence-corrected chi connectivity index (χ0v) is 22.0. The van der Waals surface area contributed by atoms with Crippen LogP contribution in [0.2, 0.25) is 0 Å². The van der Waals surface area contributed by atoms with Crippen LogP contribution in [0.5, 0.6) is 5.75 Å². The fourth-order valence-corrected chi connectivity index (χ4v) is 6.55. The maximum absolute atomic E-state index is 13.9. The topological polar surface area (TPSA) is 89.9 Å². The van der Waals surface area contributed by atoms with E-state index >= 15 is 0 Å². The van der Waals surface area contributed by atoms with Crippen LogP contribution < -0.4 is 0 Å². The van der Waals surface area contributed by atoms with Gasteiger partial charge in [0.2, 0.25) is 5.78 Å². The standard InChI is InChI=1S/C29H33ClO6/c1-5-7-24(33)35-16-23(32)29(36-25(34)8-6-2)17(3)27(30)26-22-11-9-18-15-19(31)10-12-20(18)21(22)13-14-28(26,29)4/h9-12,15,17,31H,5-8,13-14,16H2,1-4H3/t17-,28+,29-/m1/s1. The molecule has 192 valence electrons. The van der Waals surface area contributed by atoms with Crippen LogP contribution in [0.4, 0.5) is 0 Å². The van der Waals surface area contributed by atoms with Crippen molar-refractivity contribution >= 4 is 45.7 Å². The smallest absolute Gasteiger partial charge is 0.306 e. The maximum Gasteiger partial charge on any atom is 0.306 e. The third-order valence-corrected chi connectivity index (χ3v) is 8.34. The average Bonchev–Trinajstić information content (AvgIpc) is 3.01. The molecule has 0 aromatic heterocycles. The van der Waals surface area contributed by atoms with Gasteiger partial charge in [0.15, 0.2) is 12.2 Å². The van der Waals surface area contributed by atoms with Gasteiger partial charge in [-0.15, -0.1) is 0 Å². The van der Waals surface area contributed by atoms with Crippen LogP contribution in [0.3, 0.4) is 0 Å². The van der Waals surface area contributed by atoms with Crippen molar-refractivity contribution in [3.8, 4) is 5.75 Å². The van der Waals surface area contributed by atoms with E-state index in [0.717, 1.165) is 27.5 Å². The Morgan fingerprint density at radius 1 is 1.08 bits per heavy atom.